The van der Waals surface area contributed by atoms with Crippen molar-refractivity contribution in [1.29, 1.82) is 0 Å². The number of rotatable bonds is 5. The third kappa shape index (κ3) is 2.99. The van der Waals surface area contributed by atoms with Crippen LogP contribution in [-0.2, 0) is 9.59 Å². The van der Waals surface area contributed by atoms with Crippen molar-refractivity contribution in [2.24, 2.45) is 11.1 Å². The minimum atomic E-state index is -0.380. The molecule has 1 aliphatic rings. The number of amides is 2. The Hall–Kier alpha value is -1.88. The molecule has 0 aromatic heterocycles. The molecular weight excluding hydrogens is 254 g/mol. The summed E-state index contributed by atoms with van der Waals surface area (Å²) in [5, 5.41) is 5.66. The van der Waals surface area contributed by atoms with Gasteiger partial charge in [0.25, 0.3) is 0 Å². The molecule has 0 unspecified atom stereocenters. The van der Waals surface area contributed by atoms with Gasteiger partial charge in [0.2, 0.25) is 11.8 Å². The molecule has 1 aromatic carbocycles. The van der Waals surface area contributed by atoms with Crippen LogP contribution in [0.15, 0.2) is 24.3 Å². The molecule has 0 heterocycles. The van der Waals surface area contributed by atoms with Gasteiger partial charge >= 0.3 is 0 Å². The van der Waals surface area contributed by atoms with Crippen molar-refractivity contribution in [3.05, 3.63) is 24.3 Å². The van der Waals surface area contributed by atoms with Crippen LogP contribution in [-0.4, -0.2) is 18.4 Å². The van der Waals surface area contributed by atoms with Crippen LogP contribution in [0.1, 0.15) is 32.6 Å². The molecule has 1 aromatic rings. The van der Waals surface area contributed by atoms with Gasteiger partial charge in [0.05, 0.1) is 5.41 Å². The van der Waals surface area contributed by atoms with Crippen LogP contribution in [0.25, 0.3) is 0 Å². The van der Waals surface area contributed by atoms with E-state index in [9.17, 15) is 9.59 Å². The first kappa shape index (κ1) is 14.5. The summed E-state index contributed by atoms with van der Waals surface area (Å²) >= 11 is 0. The number of nitrogens with two attached hydrogens (primary N) is 1. The average Bonchev–Trinajstić information content (AvgIpc) is 2.40. The maximum Gasteiger partial charge on any atom is 0.231 e. The standard InChI is InChI=1S/C15H21N3O2/c1-2-13(19)17-11-4-6-12(7-5-11)18-14(20)15(10-16)8-3-9-15/h4-7H,2-3,8-10,16H2,1H3,(H,17,19)(H,18,20). The fourth-order valence-electron chi connectivity index (χ4n) is 2.28. The third-order valence-electron chi connectivity index (χ3n) is 3.93. The highest BCUT2D eigenvalue weighted by molar-refractivity contribution is 5.96. The van der Waals surface area contributed by atoms with E-state index in [0.29, 0.717) is 13.0 Å². The van der Waals surface area contributed by atoms with Crippen molar-refractivity contribution in [2.45, 2.75) is 32.6 Å². The van der Waals surface area contributed by atoms with E-state index in [1.807, 2.05) is 0 Å². The first-order valence-corrected chi connectivity index (χ1v) is 7.01. The van der Waals surface area contributed by atoms with E-state index in [4.69, 9.17) is 5.73 Å². The summed E-state index contributed by atoms with van der Waals surface area (Å²) in [5.74, 6) is -0.0325. The van der Waals surface area contributed by atoms with Crippen LogP contribution in [0.2, 0.25) is 0 Å². The second-order valence-corrected chi connectivity index (χ2v) is 5.27. The molecule has 5 nitrogen and oxygen atoms in total. The van der Waals surface area contributed by atoms with E-state index in [0.717, 1.165) is 30.6 Å². The van der Waals surface area contributed by atoms with Crippen molar-refractivity contribution in [3.8, 4) is 0 Å². The maximum absolute atomic E-state index is 12.2. The van der Waals surface area contributed by atoms with Gasteiger partial charge in [-0.2, -0.15) is 0 Å². The molecule has 0 bridgehead atoms. The zero-order valence-electron chi connectivity index (χ0n) is 11.7. The van der Waals surface area contributed by atoms with E-state index < -0.39 is 0 Å². The monoisotopic (exact) mass is 275 g/mol. The SMILES string of the molecule is CCC(=O)Nc1ccc(NC(=O)C2(CN)CCC2)cc1. The molecule has 2 rings (SSSR count). The number of anilines is 2. The third-order valence-corrected chi connectivity index (χ3v) is 3.93. The predicted octanol–water partition coefficient (Wildman–Crippen LogP) is 2.10. The van der Waals surface area contributed by atoms with Crippen molar-refractivity contribution in [1.82, 2.24) is 0 Å². The van der Waals surface area contributed by atoms with Gasteiger partial charge in [-0.15, -0.1) is 0 Å². The molecule has 1 aliphatic carbocycles. The van der Waals surface area contributed by atoms with E-state index in [1.54, 1.807) is 31.2 Å². The number of carbonyl (C=O) groups excluding carboxylic acids is 2. The molecule has 1 saturated carbocycles. The van der Waals surface area contributed by atoms with Crippen molar-refractivity contribution in [3.63, 3.8) is 0 Å². The van der Waals surface area contributed by atoms with Crippen LogP contribution in [0.4, 0.5) is 11.4 Å². The highest BCUT2D eigenvalue weighted by Gasteiger charge is 2.42. The minimum Gasteiger partial charge on any atom is -0.329 e. The normalized spacial score (nSPS) is 16.1. The Balaban J connectivity index is 1.97. The van der Waals surface area contributed by atoms with Crippen molar-refractivity contribution < 1.29 is 9.59 Å². The van der Waals surface area contributed by atoms with E-state index in [-0.39, 0.29) is 17.2 Å². The second-order valence-electron chi connectivity index (χ2n) is 5.27. The summed E-state index contributed by atoms with van der Waals surface area (Å²) in [6, 6.07) is 7.12. The van der Waals surface area contributed by atoms with Gasteiger partial charge in [0.1, 0.15) is 0 Å². The first-order chi connectivity index (χ1) is 9.59. The van der Waals surface area contributed by atoms with Gasteiger partial charge in [-0.1, -0.05) is 13.3 Å². The molecule has 4 N–H and O–H groups in total. The summed E-state index contributed by atoms with van der Waals surface area (Å²) in [6.07, 6.45) is 3.23. The molecular formula is C15H21N3O2. The molecule has 2 amide bonds. The summed E-state index contributed by atoms with van der Waals surface area (Å²) < 4.78 is 0. The minimum absolute atomic E-state index is 0.00315. The van der Waals surface area contributed by atoms with Gasteiger partial charge in [0.15, 0.2) is 0 Å². The fraction of sp³-hybridized carbons (Fsp3) is 0.467. The van der Waals surface area contributed by atoms with E-state index in [1.165, 1.54) is 0 Å². The Morgan fingerprint density at radius 3 is 2.10 bits per heavy atom. The van der Waals surface area contributed by atoms with Gasteiger partial charge < -0.3 is 16.4 Å². The lowest BCUT2D eigenvalue weighted by Gasteiger charge is -2.39. The lowest BCUT2D eigenvalue weighted by atomic mass is 9.68. The Morgan fingerprint density at radius 2 is 1.70 bits per heavy atom. The Labute approximate surface area is 118 Å². The van der Waals surface area contributed by atoms with Crippen LogP contribution in [0.5, 0.6) is 0 Å². The zero-order chi connectivity index (χ0) is 14.6. The quantitative estimate of drug-likeness (QED) is 0.769. The van der Waals surface area contributed by atoms with E-state index >= 15 is 0 Å². The summed E-state index contributed by atoms with van der Waals surface area (Å²) in [4.78, 5) is 23.5. The zero-order valence-corrected chi connectivity index (χ0v) is 11.7. The van der Waals surface area contributed by atoms with Crippen LogP contribution in [0, 0.1) is 5.41 Å². The second kappa shape index (κ2) is 6.05. The number of benzene rings is 1. The molecule has 0 saturated heterocycles. The topological polar surface area (TPSA) is 84.2 Å². The first-order valence-electron chi connectivity index (χ1n) is 7.01. The molecule has 20 heavy (non-hydrogen) atoms. The van der Waals surface area contributed by atoms with Gasteiger partial charge in [-0.05, 0) is 37.1 Å². The Morgan fingerprint density at radius 1 is 1.15 bits per heavy atom. The van der Waals surface area contributed by atoms with Crippen LogP contribution < -0.4 is 16.4 Å². The molecule has 0 spiro atoms. The number of hydrogen-bond acceptors (Lipinski definition) is 3. The molecule has 0 radical (unpaired) electrons. The summed E-state index contributed by atoms with van der Waals surface area (Å²) in [5.41, 5.74) is 6.78. The number of nitrogens with one attached hydrogen (secondary N) is 2. The molecule has 108 valence electrons. The number of hydrogen-bond donors (Lipinski definition) is 3. The smallest absolute Gasteiger partial charge is 0.231 e. The highest BCUT2D eigenvalue weighted by atomic mass is 16.2. The largest absolute Gasteiger partial charge is 0.329 e. The van der Waals surface area contributed by atoms with Crippen molar-refractivity contribution in [2.75, 3.05) is 17.2 Å². The average molecular weight is 275 g/mol. The van der Waals surface area contributed by atoms with Gasteiger partial charge in [-0.25, -0.2) is 0 Å². The predicted molar refractivity (Wildman–Crippen MR) is 79.3 cm³/mol. The maximum atomic E-state index is 12.2. The van der Waals surface area contributed by atoms with Gasteiger partial charge in [0, 0.05) is 24.3 Å². The highest BCUT2D eigenvalue weighted by Crippen LogP contribution is 2.40. The molecule has 1 fully saturated rings. The van der Waals surface area contributed by atoms with Gasteiger partial charge in [-0.3, -0.25) is 9.59 Å². The molecule has 5 heteroatoms. The lowest BCUT2D eigenvalue weighted by Crippen LogP contribution is -2.47. The summed E-state index contributed by atoms with van der Waals surface area (Å²) in [6.45, 7) is 2.19. The number of carbonyl (C=O) groups is 2. The molecule has 0 aliphatic heterocycles. The van der Waals surface area contributed by atoms with Crippen molar-refractivity contribution >= 4 is 23.2 Å². The summed E-state index contributed by atoms with van der Waals surface area (Å²) in [7, 11) is 0. The van der Waals surface area contributed by atoms with Crippen LogP contribution >= 0.6 is 0 Å². The van der Waals surface area contributed by atoms with E-state index in [2.05, 4.69) is 10.6 Å². The molecule has 0 atom stereocenters. The van der Waals surface area contributed by atoms with Crippen LogP contribution in [0.3, 0.4) is 0 Å². The Kier molecular flexibility index (Phi) is 4.39. The lowest BCUT2D eigenvalue weighted by molar-refractivity contribution is -0.129. The Bertz CT molecular complexity index is 487. The fourth-order valence-corrected chi connectivity index (χ4v) is 2.28.